The summed E-state index contributed by atoms with van der Waals surface area (Å²) in [7, 11) is 0. The lowest BCUT2D eigenvalue weighted by Crippen LogP contribution is -2.27. The van der Waals surface area contributed by atoms with Crippen LogP contribution in [0.2, 0.25) is 0 Å². The Labute approximate surface area is 120 Å². The van der Waals surface area contributed by atoms with E-state index in [2.05, 4.69) is 0 Å². The molecule has 1 aliphatic rings. The lowest BCUT2D eigenvalue weighted by molar-refractivity contribution is -0.115. The van der Waals surface area contributed by atoms with Crippen molar-refractivity contribution in [3.05, 3.63) is 59.9 Å². The summed E-state index contributed by atoms with van der Waals surface area (Å²) in [4.78, 5) is 13.7. The average molecular weight is 288 g/mol. The summed E-state index contributed by atoms with van der Waals surface area (Å²) in [5.41, 5.74) is 7.98. The number of carbonyl (C=O) groups excluding carboxylic acids is 1. The van der Waals surface area contributed by atoms with E-state index >= 15 is 0 Å². The van der Waals surface area contributed by atoms with Crippen LogP contribution < -0.4 is 10.6 Å². The molecule has 0 aliphatic carbocycles. The van der Waals surface area contributed by atoms with E-state index in [0.717, 1.165) is 5.56 Å². The zero-order chi connectivity index (χ0) is 14.1. The maximum absolute atomic E-state index is 13.4. The quantitative estimate of drug-likeness (QED) is 0.863. The fourth-order valence-electron chi connectivity index (χ4n) is 2.29. The molecule has 20 heavy (non-hydrogen) atoms. The second-order valence-corrected chi connectivity index (χ2v) is 5.65. The minimum atomic E-state index is -0.349. The highest BCUT2D eigenvalue weighted by Crippen LogP contribution is 2.42. The number of benzene rings is 2. The fraction of sp³-hybridized carbons (Fsp3) is 0.133. The van der Waals surface area contributed by atoms with E-state index in [1.165, 1.54) is 23.9 Å². The lowest BCUT2D eigenvalue weighted by atomic mass is 10.1. The van der Waals surface area contributed by atoms with Gasteiger partial charge >= 0.3 is 0 Å². The summed E-state index contributed by atoms with van der Waals surface area (Å²) in [6.07, 6.45) is 0. The van der Waals surface area contributed by atoms with Crippen molar-refractivity contribution in [3.63, 3.8) is 0 Å². The van der Waals surface area contributed by atoms with E-state index < -0.39 is 0 Å². The molecule has 1 aliphatic heterocycles. The number of halogens is 1. The van der Waals surface area contributed by atoms with Gasteiger partial charge in [0.25, 0.3) is 0 Å². The molecule has 0 unspecified atom stereocenters. The van der Waals surface area contributed by atoms with Gasteiger partial charge in [-0.1, -0.05) is 18.2 Å². The number of rotatable bonds is 2. The third-order valence-electron chi connectivity index (χ3n) is 3.15. The molecule has 2 N–H and O–H groups in total. The molecule has 0 spiro atoms. The molecule has 1 saturated heterocycles. The third-order valence-corrected chi connectivity index (χ3v) is 4.36. The Morgan fingerprint density at radius 1 is 1.20 bits per heavy atom. The third kappa shape index (κ3) is 2.36. The second kappa shape index (κ2) is 5.17. The van der Waals surface area contributed by atoms with Crippen LogP contribution in [0.4, 0.5) is 15.8 Å². The van der Waals surface area contributed by atoms with Crippen LogP contribution >= 0.6 is 11.8 Å². The van der Waals surface area contributed by atoms with E-state index in [1.807, 2.05) is 18.2 Å². The van der Waals surface area contributed by atoms with Crippen LogP contribution in [0.1, 0.15) is 10.9 Å². The molecule has 3 rings (SSSR count). The largest absolute Gasteiger partial charge is 0.399 e. The maximum atomic E-state index is 13.4. The Kier molecular flexibility index (Phi) is 3.36. The molecule has 102 valence electrons. The number of hydrogen-bond donors (Lipinski definition) is 1. The van der Waals surface area contributed by atoms with Gasteiger partial charge in [0.1, 0.15) is 11.2 Å². The van der Waals surface area contributed by atoms with Crippen molar-refractivity contribution in [3.8, 4) is 0 Å². The predicted octanol–water partition coefficient (Wildman–Crippen LogP) is 3.19. The molecule has 5 heteroatoms. The molecule has 1 amide bonds. The first-order valence-electron chi connectivity index (χ1n) is 6.20. The highest BCUT2D eigenvalue weighted by atomic mass is 32.2. The first kappa shape index (κ1) is 13.0. The zero-order valence-corrected chi connectivity index (χ0v) is 11.4. The van der Waals surface area contributed by atoms with E-state index in [-0.39, 0.29) is 17.1 Å². The number of nitrogens with two attached hydrogens (primary N) is 1. The van der Waals surface area contributed by atoms with Crippen molar-refractivity contribution in [2.45, 2.75) is 5.37 Å². The van der Waals surface area contributed by atoms with Crippen molar-refractivity contribution in [2.75, 3.05) is 16.4 Å². The van der Waals surface area contributed by atoms with Gasteiger partial charge in [-0.25, -0.2) is 4.39 Å². The van der Waals surface area contributed by atoms with Gasteiger partial charge in [-0.15, -0.1) is 11.8 Å². The fourth-order valence-corrected chi connectivity index (χ4v) is 3.46. The van der Waals surface area contributed by atoms with E-state index in [0.29, 0.717) is 17.1 Å². The Hall–Kier alpha value is -2.01. The molecule has 0 bridgehead atoms. The van der Waals surface area contributed by atoms with E-state index in [9.17, 15) is 9.18 Å². The smallest absolute Gasteiger partial charge is 0.238 e. The summed E-state index contributed by atoms with van der Waals surface area (Å²) in [5, 5.41) is -0.159. The zero-order valence-electron chi connectivity index (χ0n) is 10.6. The second-order valence-electron chi connectivity index (χ2n) is 4.58. The number of hydrogen-bond acceptors (Lipinski definition) is 3. The highest BCUT2D eigenvalue weighted by molar-refractivity contribution is 8.00. The normalized spacial score (nSPS) is 18.6. The summed E-state index contributed by atoms with van der Waals surface area (Å²) < 4.78 is 13.4. The number of carbonyl (C=O) groups is 1. The van der Waals surface area contributed by atoms with Crippen LogP contribution in [0.25, 0.3) is 0 Å². The van der Waals surface area contributed by atoms with E-state index in [4.69, 9.17) is 5.73 Å². The molecule has 0 aromatic heterocycles. The van der Waals surface area contributed by atoms with Crippen LogP contribution in [-0.2, 0) is 4.79 Å². The van der Waals surface area contributed by atoms with Gasteiger partial charge in [0.05, 0.1) is 5.75 Å². The standard InChI is InChI=1S/C15H13FN2OS/c16-11-4-2-6-13(8-11)18-14(19)9-20-15(18)10-3-1-5-12(17)7-10/h1-8,15H,9,17H2/t15-/m1/s1. The van der Waals surface area contributed by atoms with Crippen LogP contribution in [0.3, 0.4) is 0 Å². The number of nitrogens with zero attached hydrogens (tertiary/aromatic N) is 1. The van der Waals surface area contributed by atoms with Gasteiger partial charge in [0, 0.05) is 11.4 Å². The Balaban J connectivity index is 2.01. The predicted molar refractivity (Wildman–Crippen MR) is 79.9 cm³/mol. The van der Waals surface area contributed by atoms with Crippen LogP contribution in [0, 0.1) is 5.82 Å². The Morgan fingerprint density at radius 2 is 2.00 bits per heavy atom. The molecule has 2 aromatic rings. The molecular weight excluding hydrogens is 275 g/mol. The highest BCUT2D eigenvalue weighted by Gasteiger charge is 2.34. The molecule has 0 saturated carbocycles. The first-order chi connectivity index (χ1) is 9.65. The average Bonchev–Trinajstić information content (AvgIpc) is 2.80. The van der Waals surface area contributed by atoms with Crippen LogP contribution in [0.5, 0.6) is 0 Å². The lowest BCUT2D eigenvalue weighted by Gasteiger charge is -2.24. The van der Waals surface area contributed by atoms with Gasteiger partial charge in [0.15, 0.2) is 0 Å². The number of anilines is 2. The molecule has 0 radical (unpaired) electrons. The van der Waals surface area contributed by atoms with Gasteiger partial charge < -0.3 is 5.73 Å². The van der Waals surface area contributed by atoms with Gasteiger partial charge in [0.2, 0.25) is 5.91 Å². The van der Waals surface area contributed by atoms with Gasteiger partial charge in [-0.3, -0.25) is 9.69 Å². The van der Waals surface area contributed by atoms with Crippen LogP contribution in [-0.4, -0.2) is 11.7 Å². The molecule has 2 aromatic carbocycles. The summed E-state index contributed by atoms with van der Waals surface area (Å²) in [6.45, 7) is 0. The summed E-state index contributed by atoms with van der Waals surface area (Å²) in [5.74, 6) is 0.0160. The molecular formula is C15H13FN2OS. The summed E-state index contributed by atoms with van der Waals surface area (Å²) in [6, 6.07) is 13.5. The van der Waals surface area contributed by atoms with Crippen molar-refractivity contribution < 1.29 is 9.18 Å². The molecule has 3 nitrogen and oxygen atoms in total. The minimum Gasteiger partial charge on any atom is -0.399 e. The Bertz CT molecular complexity index is 662. The van der Waals surface area contributed by atoms with Crippen LogP contribution in [0.15, 0.2) is 48.5 Å². The monoisotopic (exact) mass is 288 g/mol. The number of thioether (sulfide) groups is 1. The maximum Gasteiger partial charge on any atom is 0.238 e. The van der Waals surface area contributed by atoms with Crippen molar-refractivity contribution >= 4 is 29.0 Å². The minimum absolute atomic E-state index is 0.0203. The van der Waals surface area contributed by atoms with Crippen molar-refractivity contribution in [2.24, 2.45) is 0 Å². The van der Waals surface area contributed by atoms with Gasteiger partial charge in [-0.2, -0.15) is 0 Å². The first-order valence-corrected chi connectivity index (χ1v) is 7.25. The number of amides is 1. The molecule has 1 heterocycles. The SMILES string of the molecule is Nc1cccc([C@H]2SCC(=O)N2c2cccc(F)c2)c1. The van der Waals surface area contributed by atoms with Crippen molar-refractivity contribution in [1.29, 1.82) is 0 Å². The van der Waals surface area contributed by atoms with E-state index in [1.54, 1.807) is 23.1 Å². The summed E-state index contributed by atoms with van der Waals surface area (Å²) >= 11 is 1.52. The molecule has 1 fully saturated rings. The Morgan fingerprint density at radius 3 is 2.75 bits per heavy atom. The number of nitrogen functional groups attached to an aromatic ring is 1. The molecule has 1 atom stereocenters. The van der Waals surface area contributed by atoms with Gasteiger partial charge in [-0.05, 0) is 35.9 Å². The van der Waals surface area contributed by atoms with Crippen molar-refractivity contribution in [1.82, 2.24) is 0 Å². The topological polar surface area (TPSA) is 46.3 Å².